The van der Waals surface area contributed by atoms with Crippen molar-refractivity contribution in [2.75, 3.05) is 0 Å². The summed E-state index contributed by atoms with van der Waals surface area (Å²) in [6.45, 7) is 5.39. The first-order valence-electron chi connectivity index (χ1n) is 8.34. The van der Waals surface area contributed by atoms with Crippen molar-refractivity contribution in [2.45, 2.75) is 33.4 Å². The van der Waals surface area contributed by atoms with E-state index in [2.05, 4.69) is 10.3 Å². The van der Waals surface area contributed by atoms with Gasteiger partial charge >= 0.3 is 5.97 Å². The number of rotatable bonds is 5. The molecule has 6 heteroatoms. The molecule has 134 valence electrons. The van der Waals surface area contributed by atoms with Gasteiger partial charge < -0.3 is 14.5 Å². The summed E-state index contributed by atoms with van der Waals surface area (Å²) < 4.78 is 10.5. The number of hydrogen-bond donors (Lipinski definition) is 1. The Balaban J connectivity index is 1.73. The number of fused-ring (bicyclic) bond motifs is 1. The zero-order valence-corrected chi connectivity index (χ0v) is 14.9. The number of furan rings is 1. The molecule has 2 aromatic heterocycles. The van der Waals surface area contributed by atoms with E-state index in [1.165, 1.54) is 13.2 Å². The van der Waals surface area contributed by atoms with Gasteiger partial charge in [0.1, 0.15) is 5.76 Å². The van der Waals surface area contributed by atoms with E-state index >= 15 is 0 Å². The summed E-state index contributed by atoms with van der Waals surface area (Å²) in [6, 6.07) is 11.1. The Bertz CT molecular complexity index is 948. The SMILES string of the molecule is Cc1nc2ccccc2c(C)c1C(=O)O[C@@H](C)C(=O)NCc1ccco1. The molecule has 0 saturated carbocycles. The molecular formula is C20H20N2O4. The smallest absolute Gasteiger partial charge is 0.341 e. The van der Waals surface area contributed by atoms with Crippen LogP contribution in [0.15, 0.2) is 47.1 Å². The minimum atomic E-state index is -0.928. The van der Waals surface area contributed by atoms with Crippen LogP contribution in [0.1, 0.15) is 34.3 Å². The second-order valence-electron chi connectivity index (χ2n) is 6.06. The summed E-state index contributed by atoms with van der Waals surface area (Å²) in [5, 5.41) is 3.56. The maximum Gasteiger partial charge on any atom is 0.341 e. The summed E-state index contributed by atoms with van der Waals surface area (Å²) in [6.07, 6.45) is 0.603. The lowest BCUT2D eigenvalue weighted by atomic mass is 10.0. The molecule has 0 radical (unpaired) electrons. The van der Waals surface area contributed by atoms with Gasteiger partial charge in [-0.25, -0.2) is 4.79 Å². The molecule has 6 nitrogen and oxygen atoms in total. The normalized spacial score (nSPS) is 12.0. The molecule has 0 saturated heterocycles. The Morgan fingerprint density at radius 2 is 1.96 bits per heavy atom. The highest BCUT2D eigenvalue weighted by Gasteiger charge is 2.23. The number of aromatic nitrogens is 1. The van der Waals surface area contributed by atoms with Crippen LogP contribution in [0.5, 0.6) is 0 Å². The first-order chi connectivity index (χ1) is 12.5. The van der Waals surface area contributed by atoms with Gasteiger partial charge in [-0.1, -0.05) is 18.2 Å². The second-order valence-corrected chi connectivity index (χ2v) is 6.06. The molecule has 2 heterocycles. The summed E-state index contributed by atoms with van der Waals surface area (Å²) in [5.41, 5.74) is 2.59. The predicted octanol–water partition coefficient (Wildman–Crippen LogP) is 3.31. The van der Waals surface area contributed by atoms with Crippen molar-refractivity contribution in [1.29, 1.82) is 0 Å². The molecule has 0 aliphatic carbocycles. The first kappa shape index (κ1) is 17.7. The quantitative estimate of drug-likeness (QED) is 0.713. The Kier molecular flexibility index (Phi) is 5.02. The topological polar surface area (TPSA) is 81.4 Å². The lowest BCUT2D eigenvalue weighted by molar-refractivity contribution is -0.129. The Hall–Kier alpha value is -3.15. The molecule has 0 aliphatic rings. The highest BCUT2D eigenvalue weighted by Crippen LogP contribution is 2.23. The van der Waals surface area contributed by atoms with Crippen LogP contribution in [0, 0.1) is 13.8 Å². The van der Waals surface area contributed by atoms with E-state index in [1.54, 1.807) is 19.1 Å². The standard InChI is InChI=1S/C20H20N2O4/c1-12-16-8-4-5-9-17(16)22-13(2)18(12)20(24)26-14(3)19(23)21-11-15-7-6-10-25-15/h4-10,14H,11H2,1-3H3,(H,21,23)/t14-/m0/s1. The van der Waals surface area contributed by atoms with Crippen LogP contribution in [0.2, 0.25) is 0 Å². The van der Waals surface area contributed by atoms with Crippen LogP contribution in [0.4, 0.5) is 0 Å². The summed E-state index contributed by atoms with van der Waals surface area (Å²) >= 11 is 0. The fourth-order valence-corrected chi connectivity index (χ4v) is 2.84. The molecule has 3 aromatic rings. The summed E-state index contributed by atoms with van der Waals surface area (Å²) in [7, 11) is 0. The maximum atomic E-state index is 12.6. The number of nitrogens with one attached hydrogen (secondary N) is 1. The second kappa shape index (κ2) is 7.39. The number of amides is 1. The minimum Gasteiger partial charge on any atom is -0.467 e. The van der Waals surface area contributed by atoms with Crippen LogP contribution in [-0.4, -0.2) is 23.0 Å². The van der Waals surface area contributed by atoms with Crippen molar-refractivity contribution >= 4 is 22.8 Å². The molecule has 1 atom stereocenters. The van der Waals surface area contributed by atoms with Crippen LogP contribution in [0.25, 0.3) is 10.9 Å². The van der Waals surface area contributed by atoms with Crippen molar-refractivity contribution < 1.29 is 18.7 Å². The molecule has 0 spiro atoms. The highest BCUT2D eigenvalue weighted by atomic mass is 16.5. The maximum absolute atomic E-state index is 12.6. The zero-order chi connectivity index (χ0) is 18.7. The van der Waals surface area contributed by atoms with Crippen molar-refractivity contribution in [3.05, 3.63) is 65.2 Å². The predicted molar refractivity (Wildman–Crippen MR) is 96.6 cm³/mol. The highest BCUT2D eigenvalue weighted by molar-refractivity contribution is 5.99. The van der Waals surface area contributed by atoms with E-state index in [1.807, 2.05) is 31.2 Å². The summed E-state index contributed by atoms with van der Waals surface area (Å²) in [5.74, 6) is -0.319. The Labute approximate surface area is 151 Å². The molecule has 0 fully saturated rings. The third kappa shape index (κ3) is 3.59. The van der Waals surface area contributed by atoms with Gasteiger partial charge in [-0.15, -0.1) is 0 Å². The lowest BCUT2D eigenvalue weighted by Crippen LogP contribution is -2.35. The van der Waals surface area contributed by atoms with Gasteiger partial charge in [0.2, 0.25) is 0 Å². The van der Waals surface area contributed by atoms with E-state index in [-0.39, 0.29) is 12.5 Å². The molecule has 1 N–H and O–H groups in total. The van der Waals surface area contributed by atoms with E-state index in [0.717, 1.165) is 16.5 Å². The molecule has 0 bridgehead atoms. The molecule has 1 aromatic carbocycles. The number of benzene rings is 1. The zero-order valence-electron chi connectivity index (χ0n) is 14.9. The van der Waals surface area contributed by atoms with Crippen molar-refractivity contribution in [3.63, 3.8) is 0 Å². The van der Waals surface area contributed by atoms with Crippen LogP contribution >= 0.6 is 0 Å². The number of nitrogens with zero attached hydrogens (tertiary/aromatic N) is 1. The Morgan fingerprint density at radius 1 is 1.19 bits per heavy atom. The van der Waals surface area contributed by atoms with Gasteiger partial charge in [-0.2, -0.15) is 0 Å². The van der Waals surface area contributed by atoms with Gasteiger partial charge in [0, 0.05) is 5.39 Å². The van der Waals surface area contributed by atoms with Crippen molar-refractivity contribution in [2.24, 2.45) is 0 Å². The fraction of sp³-hybridized carbons (Fsp3) is 0.250. The number of aryl methyl sites for hydroxylation is 2. The monoisotopic (exact) mass is 352 g/mol. The van der Waals surface area contributed by atoms with Gasteiger partial charge in [0.15, 0.2) is 6.10 Å². The van der Waals surface area contributed by atoms with E-state index < -0.39 is 12.1 Å². The van der Waals surface area contributed by atoms with Gasteiger partial charge in [-0.3, -0.25) is 9.78 Å². The number of esters is 1. The number of pyridine rings is 1. The van der Waals surface area contributed by atoms with Crippen LogP contribution in [-0.2, 0) is 16.1 Å². The average molecular weight is 352 g/mol. The van der Waals surface area contributed by atoms with Gasteiger partial charge in [-0.05, 0) is 44.5 Å². The van der Waals surface area contributed by atoms with Crippen LogP contribution in [0.3, 0.4) is 0 Å². The van der Waals surface area contributed by atoms with Crippen LogP contribution < -0.4 is 5.32 Å². The molecule has 3 rings (SSSR count). The largest absolute Gasteiger partial charge is 0.467 e. The Morgan fingerprint density at radius 3 is 2.69 bits per heavy atom. The minimum absolute atomic E-state index is 0.239. The number of para-hydroxylation sites is 1. The number of ether oxygens (including phenoxy) is 1. The number of hydrogen-bond acceptors (Lipinski definition) is 5. The van der Waals surface area contributed by atoms with Gasteiger partial charge in [0.25, 0.3) is 5.91 Å². The average Bonchev–Trinajstić information content (AvgIpc) is 3.13. The fourth-order valence-electron chi connectivity index (χ4n) is 2.84. The third-order valence-electron chi connectivity index (χ3n) is 4.21. The first-order valence-corrected chi connectivity index (χ1v) is 8.34. The molecule has 0 unspecified atom stereocenters. The molecular weight excluding hydrogens is 332 g/mol. The number of carbonyl (C=O) groups is 2. The van der Waals surface area contributed by atoms with Crippen molar-refractivity contribution in [1.82, 2.24) is 10.3 Å². The van der Waals surface area contributed by atoms with Crippen molar-refractivity contribution in [3.8, 4) is 0 Å². The van der Waals surface area contributed by atoms with E-state index in [0.29, 0.717) is 17.0 Å². The van der Waals surface area contributed by atoms with Gasteiger partial charge in [0.05, 0.1) is 29.6 Å². The third-order valence-corrected chi connectivity index (χ3v) is 4.21. The van der Waals surface area contributed by atoms with E-state index in [4.69, 9.17) is 9.15 Å². The summed E-state index contributed by atoms with van der Waals surface area (Å²) in [4.78, 5) is 29.2. The van der Waals surface area contributed by atoms with E-state index in [9.17, 15) is 9.59 Å². The molecule has 1 amide bonds. The molecule has 0 aliphatic heterocycles. The molecule has 26 heavy (non-hydrogen) atoms. The lowest BCUT2D eigenvalue weighted by Gasteiger charge is -2.16. The number of carbonyl (C=O) groups excluding carboxylic acids is 2.